The molecule has 0 aliphatic carbocycles. The molecule has 1 rings (SSSR count). The molecule has 0 saturated heterocycles. The van der Waals surface area contributed by atoms with Crippen LogP contribution in [0.3, 0.4) is 0 Å². The minimum Gasteiger partial charge on any atom is -0.392 e. The molecule has 0 bridgehead atoms. The van der Waals surface area contributed by atoms with Crippen LogP contribution in [0.15, 0.2) is 24.3 Å². The number of benzene rings is 1. The number of hydrogen-bond acceptors (Lipinski definition) is 1. The second-order valence-electron chi connectivity index (χ2n) is 3.43. The van der Waals surface area contributed by atoms with Crippen molar-refractivity contribution < 1.29 is 5.11 Å². The van der Waals surface area contributed by atoms with Gasteiger partial charge < -0.3 is 5.11 Å². The van der Waals surface area contributed by atoms with E-state index in [0.29, 0.717) is 6.42 Å². The first-order valence-corrected chi connectivity index (χ1v) is 5.39. The Bertz CT molecular complexity index is 253. The van der Waals surface area contributed by atoms with E-state index in [0.717, 1.165) is 0 Å². The topological polar surface area (TPSA) is 20.2 Å². The summed E-state index contributed by atoms with van der Waals surface area (Å²) in [4.78, 5) is 0.147. The first kappa shape index (κ1) is 10.7. The molecule has 0 heterocycles. The molecule has 1 N–H and O–H groups in total. The zero-order valence-corrected chi connectivity index (χ0v) is 9.58. The maximum absolute atomic E-state index is 9.60. The molecule has 2 heteroatoms. The van der Waals surface area contributed by atoms with Crippen LogP contribution in [0.25, 0.3) is 0 Å². The van der Waals surface area contributed by atoms with Crippen molar-refractivity contribution in [3.8, 4) is 0 Å². The monoisotopic (exact) mass is 242 g/mol. The molecule has 0 saturated carbocycles. The van der Waals surface area contributed by atoms with Gasteiger partial charge in [0.1, 0.15) is 0 Å². The summed E-state index contributed by atoms with van der Waals surface area (Å²) < 4.78 is 0. The molecule has 2 unspecified atom stereocenters. The van der Waals surface area contributed by atoms with Crippen LogP contribution >= 0.6 is 15.9 Å². The number of alkyl halides is 1. The standard InChI is InChI=1S/C11H15BrO/c1-8-3-5-10(6-4-8)7-11(13)9(2)12/h3-6,9,11,13H,7H2,1-2H3. The molecule has 1 aromatic carbocycles. The maximum Gasteiger partial charge on any atom is 0.0702 e. The number of aliphatic hydroxyl groups excluding tert-OH is 1. The number of aliphatic hydroxyl groups is 1. The molecule has 0 spiro atoms. The van der Waals surface area contributed by atoms with Crippen molar-refractivity contribution in [3.63, 3.8) is 0 Å². The average Bonchev–Trinajstić information content (AvgIpc) is 2.08. The minimum absolute atomic E-state index is 0.147. The summed E-state index contributed by atoms with van der Waals surface area (Å²) in [5, 5.41) is 9.60. The van der Waals surface area contributed by atoms with Crippen molar-refractivity contribution in [2.75, 3.05) is 0 Å². The summed E-state index contributed by atoms with van der Waals surface area (Å²) in [6, 6.07) is 8.27. The first-order valence-electron chi connectivity index (χ1n) is 4.47. The number of hydrogen-bond donors (Lipinski definition) is 1. The molecular formula is C11H15BrO. The van der Waals surface area contributed by atoms with Gasteiger partial charge in [-0.25, -0.2) is 0 Å². The fraction of sp³-hybridized carbons (Fsp3) is 0.455. The van der Waals surface area contributed by atoms with E-state index < -0.39 is 0 Å². The van der Waals surface area contributed by atoms with E-state index in [9.17, 15) is 5.11 Å². The summed E-state index contributed by atoms with van der Waals surface area (Å²) in [5.41, 5.74) is 2.44. The first-order chi connectivity index (χ1) is 6.09. The zero-order valence-electron chi connectivity index (χ0n) is 8.00. The highest BCUT2D eigenvalue weighted by atomic mass is 79.9. The predicted molar refractivity (Wildman–Crippen MR) is 59.3 cm³/mol. The average molecular weight is 243 g/mol. The van der Waals surface area contributed by atoms with Crippen LogP contribution in [0.5, 0.6) is 0 Å². The SMILES string of the molecule is Cc1ccc(CC(O)C(C)Br)cc1. The Morgan fingerprint density at radius 3 is 2.31 bits per heavy atom. The van der Waals surface area contributed by atoms with Crippen LogP contribution in [-0.2, 0) is 6.42 Å². The minimum atomic E-state index is -0.303. The lowest BCUT2D eigenvalue weighted by atomic mass is 10.1. The molecule has 2 atom stereocenters. The fourth-order valence-corrected chi connectivity index (χ4v) is 1.31. The Morgan fingerprint density at radius 2 is 1.85 bits per heavy atom. The molecule has 0 fully saturated rings. The molecule has 0 aliphatic rings. The summed E-state index contributed by atoms with van der Waals surface area (Å²) >= 11 is 3.36. The molecule has 72 valence electrons. The number of rotatable bonds is 3. The highest BCUT2D eigenvalue weighted by Gasteiger charge is 2.10. The van der Waals surface area contributed by atoms with Crippen molar-refractivity contribution in [1.29, 1.82) is 0 Å². The lowest BCUT2D eigenvalue weighted by Crippen LogP contribution is -2.19. The van der Waals surface area contributed by atoms with Crippen molar-refractivity contribution in [2.24, 2.45) is 0 Å². The third kappa shape index (κ3) is 3.49. The normalized spacial score (nSPS) is 15.4. The second-order valence-corrected chi connectivity index (χ2v) is 4.88. The smallest absolute Gasteiger partial charge is 0.0702 e. The van der Waals surface area contributed by atoms with E-state index >= 15 is 0 Å². The summed E-state index contributed by atoms with van der Waals surface area (Å²) in [5.74, 6) is 0. The second kappa shape index (κ2) is 4.77. The highest BCUT2D eigenvalue weighted by molar-refractivity contribution is 9.09. The maximum atomic E-state index is 9.60. The highest BCUT2D eigenvalue weighted by Crippen LogP contribution is 2.11. The molecule has 1 nitrogen and oxygen atoms in total. The van der Waals surface area contributed by atoms with Crippen LogP contribution in [0.4, 0.5) is 0 Å². The van der Waals surface area contributed by atoms with E-state index in [1.165, 1.54) is 11.1 Å². The largest absolute Gasteiger partial charge is 0.392 e. The van der Waals surface area contributed by atoms with Crippen LogP contribution in [-0.4, -0.2) is 16.0 Å². The van der Waals surface area contributed by atoms with E-state index in [-0.39, 0.29) is 10.9 Å². The van der Waals surface area contributed by atoms with E-state index in [1.54, 1.807) is 0 Å². The van der Waals surface area contributed by atoms with Crippen LogP contribution in [0.1, 0.15) is 18.1 Å². The van der Waals surface area contributed by atoms with Gasteiger partial charge in [-0.1, -0.05) is 52.7 Å². The van der Waals surface area contributed by atoms with Crippen LogP contribution in [0.2, 0.25) is 0 Å². The van der Waals surface area contributed by atoms with Gasteiger partial charge in [0.05, 0.1) is 6.10 Å². The number of halogens is 1. The van der Waals surface area contributed by atoms with Gasteiger partial charge in [0.25, 0.3) is 0 Å². The Kier molecular flexibility index (Phi) is 3.94. The fourth-order valence-electron chi connectivity index (χ4n) is 1.13. The van der Waals surface area contributed by atoms with Gasteiger partial charge in [0.15, 0.2) is 0 Å². The van der Waals surface area contributed by atoms with Gasteiger partial charge in [-0.05, 0) is 18.9 Å². The Labute approximate surface area is 87.9 Å². The van der Waals surface area contributed by atoms with Gasteiger partial charge >= 0.3 is 0 Å². The molecule has 0 radical (unpaired) electrons. The van der Waals surface area contributed by atoms with E-state index in [2.05, 4.69) is 47.1 Å². The predicted octanol–water partition coefficient (Wildman–Crippen LogP) is 2.68. The summed E-state index contributed by atoms with van der Waals surface area (Å²) in [7, 11) is 0. The number of aryl methyl sites for hydroxylation is 1. The zero-order chi connectivity index (χ0) is 9.84. The summed E-state index contributed by atoms with van der Waals surface area (Å²) in [6.07, 6.45) is 0.412. The van der Waals surface area contributed by atoms with Gasteiger partial charge in [-0.15, -0.1) is 0 Å². The third-order valence-corrected chi connectivity index (χ3v) is 2.71. The van der Waals surface area contributed by atoms with Gasteiger partial charge in [0, 0.05) is 4.83 Å². The molecular weight excluding hydrogens is 228 g/mol. The Hall–Kier alpha value is -0.340. The van der Waals surface area contributed by atoms with Crippen LogP contribution < -0.4 is 0 Å². The van der Waals surface area contributed by atoms with Gasteiger partial charge in [-0.3, -0.25) is 0 Å². The van der Waals surface area contributed by atoms with Crippen molar-refractivity contribution in [3.05, 3.63) is 35.4 Å². The third-order valence-electron chi connectivity index (χ3n) is 2.10. The van der Waals surface area contributed by atoms with Crippen molar-refractivity contribution in [2.45, 2.75) is 31.2 Å². The molecule has 0 aromatic heterocycles. The summed E-state index contributed by atoms with van der Waals surface area (Å²) in [6.45, 7) is 4.02. The van der Waals surface area contributed by atoms with Crippen molar-refractivity contribution in [1.82, 2.24) is 0 Å². The molecule has 1 aromatic rings. The van der Waals surface area contributed by atoms with Gasteiger partial charge in [0.2, 0.25) is 0 Å². The Morgan fingerprint density at radius 1 is 1.31 bits per heavy atom. The lowest BCUT2D eigenvalue weighted by Gasteiger charge is -2.12. The van der Waals surface area contributed by atoms with E-state index in [1.807, 2.05) is 6.92 Å². The van der Waals surface area contributed by atoms with Crippen molar-refractivity contribution >= 4 is 15.9 Å². The lowest BCUT2D eigenvalue weighted by molar-refractivity contribution is 0.178. The van der Waals surface area contributed by atoms with Gasteiger partial charge in [-0.2, -0.15) is 0 Å². The molecule has 0 aliphatic heterocycles. The molecule has 13 heavy (non-hydrogen) atoms. The quantitative estimate of drug-likeness (QED) is 0.809. The van der Waals surface area contributed by atoms with Crippen LogP contribution in [0, 0.1) is 6.92 Å². The van der Waals surface area contributed by atoms with E-state index in [4.69, 9.17) is 0 Å². The Balaban J connectivity index is 2.59. The molecule has 0 amide bonds.